The Hall–Kier alpha value is -4.39. The van der Waals surface area contributed by atoms with Gasteiger partial charge in [-0.2, -0.15) is 10.4 Å². The van der Waals surface area contributed by atoms with Gasteiger partial charge in [0.15, 0.2) is 0 Å². The molecule has 0 aliphatic carbocycles. The first-order valence-electron chi connectivity index (χ1n) is 11.8. The Kier molecular flexibility index (Phi) is 4.48. The van der Waals surface area contributed by atoms with E-state index in [1.165, 1.54) is 4.57 Å². The average Bonchev–Trinajstić information content (AvgIpc) is 3.60. The van der Waals surface area contributed by atoms with Gasteiger partial charge >= 0.3 is 5.69 Å². The zero-order valence-electron chi connectivity index (χ0n) is 20.4. The van der Waals surface area contributed by atoms with E-state index in [2.05, 4.69) is 16.2 Å². The molecule has 2 atom stereocenters. The smallest absolute Gasteiger partial charge is 0.336 e. The minimum atomic E-state index is -0.424. The SMILES string of the molecule is Cn1nc(C(C)(C)C)cc1C(=O)N1C[C@H]2CC1c1c(O)n(-c3ccc(C#N)c4ncccc34)c(=O)n12. The van der Waals surface area contributed by atoms with E-state index in [0.717, 1.165) is 5.69 Å². The van der Waals surface area contributed by atoms with Crippen LogP contribution in [0.4, 0.5) is 0 Å². The molecule has 1 saturated heterocycles. The summed E-state index contributed by atoms with van der Waals surface area (Å²) in [6.07, 6.45) is 2.16. The second kappa shape index (κ2) is 7.31. The van der Waals surface area contributed by atoms with Crippen molar-refractivity contribution in [2.45, 2.75) is 44.7 Å². The summed E-state index contributed by atoms with van der Waals surface area (Å²) in [5, 5.41) is 25.9. The molecule has 10 nitrogen and oxygen atoms in total. The van der Waals surface area contributed by atoms with Crippen molar-refractivity contribution in [3.8, 4) is 17.6 Å². The van der Waals surface area contributed by atoms with Gasteiger partial charge in [0.1, 0.15) is 17.5 Å². The lowest BCUT2D eigenvalue weighted by Gasteiger charge is -2.27. The molecule has 5 heterocycles. The number of pyridine rings is 1. The van der Waals surface area contributed by atoms with Gasteiger partial charge in [-0.3, -0.25) is 19.0 Å². The fourth-order valence-electron chi connectivity index (χ4n) is 5.51. The van der Waals surface area contributed by atoms with Crippen molar-refractivity contribution < 1.29 is 9.90 Å². The van der Waals surface area contributed by atoms with Crippen LogP contribution in [0, 0.1) is 11.3 Å². The molecule has 10 heteroatoms. The molecule has 2 bridgehead atoms. The normalized spacial score (nSPS) is 18.6. The highest BCUT2D eigenvalue weighted by molar-refractivity contribution is 5.94. The molecule has 1 N–H and O–H groups in total. The van der Waals surface area contributed by atoms with Crippen LogP contribution in [0.2, 0.25) is 0 Å². The fourth-order valence-corrected chi connectivity index (χ4v) is 5.51. The molecule has 3 aromatic heterocycles. The number of imidazole rings is 1. The van der Waals surface area contributed by atoms with Crippen molar-refractivity contribution in [1.29, 1.82) is 5.26 Å². The third kappa shape index (κ3) is 2.89. The highest BCUT2D eigenvalue weighted by Gasteiger charge is 2.49. The van der Waals surface area contributed by atoms with E-state index in [4.69, 9.17) is 0 Å². The van der Waals surface area contributed by atoms with Gasteiger partial charge in [-0.15, -0.1) is 0 Å². The number of nitriles is 1. The number of hydrogen-bond donors (Lipinski definition) is 1. The molecule has 6 rings (SSSR count). The molecule has 1 fully saturated rings. The van der Waals surface area contributed by atoms with E-state index in [-0.39, 0.29) is 28.9 Å². The van der Waals surface area contributed by atoms with Crippen molar-refractivity contribution in [2.75, 3.05) is 6.54 Å². The van der Waals surface area contributed by atoms with Crippen LogP contribution in [0.15, 0.2) is 41.3 Å². The number of fused-ring (bicyclic) bond motifs is 6. The summed E-state index contributed by atoms with van der Waals surface area (Å²) < 4.78 is 4.46. The lowest BCUT2D eigenvalue weighted by atomic mass is 9.92. The summed E-state index contributed by atoms with van der Waals surface area (Å²) >= 11 is 0. The topological polar surface area (TPSA) is 122 Å². The number of aryl methyl sites for hydroxylation is 1. The van der Waals surface area contributed by atoms with E-state index >= 15 is 0 Å². The largest absolute Gasteiger partial charge is 0.493 e. The highest BCUT2D eigenvalue weighted by Crippen LogP contribution is 2.49. The second-order valence-electron chi connectivity index (χ2n) is 10.5. The Morgan fingerprint density at radius 1 is 1.25 bits per heavy atom. The molecule has 4 aromatic rings. The van der Waals surface area contributed by atoms with Crippen molar-refractivity contribution >= 4 is 16.8 Å². The molecule has 182 valence electrons. The van der Waals surface area contributed by atoms with E-state index < -0.39 is 6.04 Å². The number of carbonyl (C=O) groups excluding carboxylic acids is 1. The summed E-state index contributed by atoms with van der Waals surface area (Å²) in [7, 11) is 1.75. The number of aromatic nitrogens is 5. The quantitative estimate of drug-likeness (QED) is 0.468. The number of carbonyl (C=O) groups is 1. The van der Waals surface area contributed by atoms with Crippen LogP contribution in [0.5, 0.6) is 5.88 Å². The van der Waals surface area contributed by atoms with Gasteiger partial charge in [0.25, 0.3) is 5.91 Å². The molecule has 0 saturated carbocycles. The maximum Gasteiger partial charge on any atom is 0.336 e. The molecular weight excluding hydrogens is 458 g/mol. The number of likely N-dealkylation sites (tertiary alicyclic amines) is 1. The number of amides is 1. The molecule has 2 aliphatic heterocycles. The number of rotatable bonds is 2. The van der Waals surface area contributed by atoms with E-state index in [0.29, 0.717) is 46.5 Å². The number of nitrogens with zero attached hydrogens (tertiary/aromatic N) is 7. The van der Waals surface area contributed by atoms with Crippen LogP contribution in [0.3, 0.4) is 0 Å². The summed E-state index contributed by atoms with van der Waals surface area (Å²) in [6.45, 7) is 6.52. The van der Waals surface area contributed by atoms with E-state index in [1.54, 1.807) is 51.7 Å². The van der Waals surface area contributed by atoms with Gasteiger partial charge in [0, 0.05) is 30.6 Å². The third-order valence-electron chi connectivity index (χ3n) is 7.29. The second-order valence-corrected chi connectivity index (χ2v) is 10.5. The number of aromatic hydroxyl groups is 1. The molecule has 36 heavy (non-hydrogen) atoms. The lowest BCUT2D eigenvalue weighted by molar-refractivity contribution is 0.0700. The van der Waals surface area contributed by atoms with Crippen molar-refractivity contribution in [2.24, 2.45) is 7.05 Å². The number of benzene rings is 1. The van der Waals surface area contributed by atoms with Crippen LogP contribution in [-0.2, 0) is 12.5 Å². The van der Waals surface area contributed by atoms with Gasteiger partial charge < -0.3 is 10.0 Å². The predicted molar refractivity (Wildman–Crippen MR) is 131 cm³/mol. The minimum Gasteiger partial charge on any atom is -0.493 e. The van der Waals surface area contributed by atoms with Crippen LogP contribution >= 0.6 is 0 Å². The summed E-state index contributed by atoms with van der Waals surface area (Å²) in [4.78, 5) is 33.2. The summed E-state index contributed by atoms with van der Waals surface area (Å²) in [5.41, 5.74) is 2.46. The van der Waals surface area contributed by atoms with Gasteiger partial charge in [-0.05, 0) is 36.8 Å². The fraction of sp³-hybridized carbons (Fsp3) is 0.346. The average molecular weight is 484 g/mol. The van der Waals surface area contributed by atoms with Crippen molar-refractivity contribution in [3.63, 3.8) is 0 Å². The van der Waals surface area contributed by atoms with Crippen LogP contribution in [0.25, 0.3) is 16.6 Å². The molecular formula is C26H25N7O3. The predicted octanol–water partition coefficient (Wildman–Crippen LogP) is 2.94. The lowest BCUT2D eigenvalue weighted by Crippen LogP contribution is -2.38. The van der Waals surface area contributed by atoms with Crippen molar-refractivity contribution in [1.82, 2.24) is 28.8 Å². The van der Waals surface area contributed by atoms with Crippen molar-refractivity contribution in [3.05, 3.63) is 69.7 Å². The van der Waals surface area contributed by atoms with Crippen LogP contribution < -0.4 is 5.69 Å². The Bertz CT molecular complexity index is 1680. The summed E-state index contributed by atoms with van der Waals surface area (Å²) in [5.74, 6) is -0.368. The highest BCUT2D eigenvalue weighted by atomic mass is 16.3. The van der Waals surface area contributed by atoms with E-state index in [9.17, 15) is 20.0 Å². The maximum absolute atomic E-state index is 13.6. The standard InChI is InChI=1S/C26H25N7O3/c1-26(2,3)20-11-19(30(4)29-20)23(34)31-13-15-10-18(31)22-24(35)33(25(36)32(15)22)17-8-7-14(12-27)21-16(17)6-5-9-28-21/h5-9,11,15,18,35H,10,13H2,1-4H3/t15-,18?/m1/s1. The van der Waals surface area contributed by atoms with Gasteiger partial charge in [-0.25, -0.2) is 9.36 Å². The first-order valence-corrected chi connectivity index (χ1v) is 11.8. The summed E-state index contributed by atoms with van der Waals surface area (Å²) in [6, 6.07) is 10.0. The van der Waals surface area contributed by atoms with E-state index in [1.807, 2.05) is 26.8 Å². The van der Waals surface area contributed by atoms with Crippen LogP contribution in [-0.4, -0.2) is 46.4 Å². The molecule has 2 aliphatic rings. The molecule has 0 spiro atoms. The zero-order valence-corrected chi connectivity index (χ0v) is 20.4. The van der Waals surface area contributed by atoms with Crippen LogP contribution in [0.1, 0.15) is 66.7 Å². The number of hydrogen-bond acceptors (Lipinski definition) is 6. The Labute approximate surface area is 206 Å². The van der Waals surface area contributed by atoms with Gasteiger partial charge in [0.05, 0.1) is 34.5 Å². The molecule has 1 aromatic carbocycles. The zero-order chi connectivity index (χ0) is 25.5. The van der Waals surface area contributed by atoms with Gasteiger partial charge in [0.2, 0.25) is 5.88 Å². The third-order valence-corrected chi connectivity index (χ3v) is 7.29. The molecule has 0 radical (unpaired) electrons. The Balaban J connectivity index is 1.44. The maximum atomic E-state index is 13.6. The molecule has 1 amide bonds. The van der Waals surface area contributed by atoms with Gasteiger partial charge in [-0.1, -0.05) is 20.8 Å². The monoisotopic (exact) mass is 483 g/mol. The Morgan fingerprint density at radius 3 is 2.72 bits per heavy atom. The first-order chi connectivity index (χ1) is 17.1. The Morgan fingerprint density at radius 2 is 2.03 bits per heavy atom. The molecule has 1 unspecified atom stereocenters. The minimum absolute atomic E-state index is 0.174. The first kappa shape index (κ1) is 22.1.